The first kappa shape index (κ1) is 16.5. The van der Waals surface area contributed by atoms with Gasteiger partial charge in [-0.25, -0.2) is 0 Å². The van der Waals surface area contributed by atoms with Crippen molar-refractivity contribution in [2.24, 2.45) is 0 Å². The summed E-state index contributed by atoms with van der Waals surface area (Å²) < 4.78 is 0. The van der Waals surface area contributed by atoms with Gasteiger partial charge in [-0.3, -0.25) is 0 Å². The zero-order valence-corrected chi connectivity index (χ0v) is 16.0. The second kappa shape index (κ2) is 5.60. The van der Waals surface area contributed by atoms with Crippen LogP contribution < -0.4 is 5.30 Å². The van der Waals surface area contributed by atoms with Gasteiger partial charge in [0.15, 0.2) is 0 Å². The molecule has 1 heteroatoms. The lowest BCUT2D eigenvalue weighted by atomic mass is 10.0. The van der Waals surface area contributed by atoms with Gasteiger partial charge in [0.05, 0.1) is 0 Å². The molecule has 3 rings (SSSR count). The molecule has 3 aromatic carbocycles. The summed E-state index contributed by atoms with van der Waals surface area (Å²) in [5.41, 5.74) is 0. The lowest BCUT2D eigenvalue weighted by molar-refractivity contribution is 0.715. The fourth-order valence-electron chi connectivity index (χ4n) is 3.95. The Morgan fingerprint density at radius 3 is 1.83 bits per heavy atom. The SMILES string of the molecule is CC(C)(C)P(c1cccc2ccc3ccccc3c12)C(C)(C)C. The number of rotatable bonds is 1. The van der Waals surface area contributed by atoms with E-state index < -0.39 is 0 Å². The molecule has 120 valence electrons. The van der Waals surface area contributed by atoms with Crippen LogP contribution in [0.25, 0.3) is 21.5 Å². The topological polar surface area (TPSA) is 0 Å². The lowest BCUT2D eigenvalue weighted by Gasteiger charge is -2.42. The van der Waals surface area contributed by atoms with Crippen molar-refractivity contribution in [1.29, 1.82) is 0 Å². The Morgan fingerprint density at radius 1 is 0.609 bits per heavy atom. The molecule has 0 radical (unpaired) electrons. The van der Waals surface area contributed by atoms with E-state index in [0.29, 0.717) is 0 Å². The normalized spacial score (nSPS) is 13.2. The minimum atomic E-state index is -0.311. The smallest absolute Gasteiger partial charge is 0.00280 e. The highest BCUT2D eigenvalue weighted by Crippen LogP contribution is 2.59. The molecule has 0 spiro atoms. The Morgan fingerprint density at radius 2 is 1.17 bits per heavy atom. The van der Waals surface area contributed by atoms with E-state index in [9.17, 15) is 0 Å². The Kier molecular flexibility index (Phi) is 4.01. The molecule has 0 bridgehead atoms. The monoisotopic (exact) mass is 322 g/mol. The standard InChI is InChI=1S/C22H27P/c1-21(2,3)23(22(4,5)6)19-13-9-11-17-15-14-16-10-7-8-12-18(16)20(17)19/h7-15H,1-6H3. The third-order valence-electron chi connectivity index (χ3n) is 4.33. The van der Waals surface area contributed by atoms with E-state index in [4.69, 9.17) is 0 Å². The van der Waals surface area contributed by atoms with Crippen molar-refractivity contribution in [2.45, 2.75) is 51.9 Å². The van der Waals surface area contributed by atoms with Crippen molar-refractivity contribution >= 4 is 34.8 Å². The van der Waals surface area contributed by atoms with Crippen LogP contribution >= 0.6 is 7.92 Å². The molecule has 0 aliphatic rings. The van der Waals surface area contributed by atoms with E-state index >= 15 is 0 Å². The van der Waals surface area contributed by atoms with E-state index in [1.807, 2.05) is 0 Å². The van der Waals surface area contributed by atoms with Crippen molar-refractivity contribution in [3.05, 3.63) is 54.6 Å². The second-order valence-electron chi connectivity index (χ2n) is 8.34. The fraction of sp³-hybridized carbons (Fsp3) is 0.364. The van der Waals surface area contributed by atoms with Gasteiger partial charge in [-0.15, -0.1) is 0 Å². The maximum absolute atomic E-state index is 2.40. The largest absolute Gasteiger partial charge is 0.0636 e. The highest BCUT2D eigenvalue weighted by molar-refractivity contribution is 7.69. The van der Waals surface area contributed by atoms with E-state index in [0.717, 1.165) is 0 Å². The first-order valence-corrected chi connectivity index (χ1v) is 9.74. The van der Waals surface area contributed by atoms with Crippen LogP contribution in [0.5, 0.6) is 0 Å². The van der Waals surface area contributed by atoms with Gasteiger partial charge < -0.3 is 0 Å². The quantitative estimate of drug-likeness (QED) is 0.345. The van der Waals surface area contributed by atoms with E-state index in [1.54, 1.807) is 5.30 Å². The average Bonchev–Trinajstić information content (AvgIpc) is 2.44. The van der Waals surface area contributed by atoms with Crippen LogP contribution in [-0.4, -0.2) is 10.3 Å². The zero-order valence-electron chi connectivity index (χ0n) is 15.1. The van der Waals surface area contributed by atoms with Crippen LogP contribution in [0.15, 0.2) is 54.6 Å². The van der Waals surface area contributed by atoms with Crippen molar-refractivity contribution in [3.8, 4) is 0 Å². The molecule has 0 aliphatic carbocycles. The summed E-state index contributed by atoms with van der Waals surface area (Å²) in [5.74, 6) is 0. The summed E-state index contributed by atoms with van der Waals surface area (Å²) in [7, 11) is -0.311. The molecule has 23 heavy (non-hydrogen) atoms. The Balaban J connectivity index is 2.43. The molecular weight excluding hydrogens is 295 g/mol. The summed E-state index contributed by atoms with van der Waals surface area (Å²) in [6, 6.07) is 20.2. The van der Waals surface area contributed by atoms with Gasteiger partial charge in [-0.05, 0) is 37.2 Å². The second-order valence-corrected chi connectivity index (χ2v) is 12.2. The third kappa shape index (κ3) is 3.02. The van der Waals surface area contributed by atoms with Crippen molar-refractivity contribution in [1.82, 2.24) is 0 Å². The van der Waals surface area contributed by atoms with Crippen molar-refractivity contribution in [3.63, 3.8) is 0 Å². The van der Waals surface area contributed by atoms with Gasteiger partial charge in [0, 0.05) is 0 Å². The highest BCUT2D eigenvalue weighted by atomic mass is 31.1. The molecule has 3 aromatic rings. The molecule has 0 fully saturated rings. The minimum Gasteiger partial charge on any atom is -0.0636 e. The van der Waals surface area contributed by atoms with Crippen LogP contribution in [0.1, 0.15) is 41.5 Å². The highest BCUT2D eigenvalue weighted by Gasteiger charge is 2.36. The maximum atomic E-state index is 2.40. The van der Waals surface area contributed by atoms with Gasteiger partial charge in [0.1, 0.15) is 0 Å². The number of fused-ring (bicyclic) bond motifs is 3. The summed E-state index contributed by atoms with van der Waals surface area (Å²) in [4.78, 5) is 0. The predicted molar refractivity (Wildman–Crippen MR) is 108 cm³/mol. The van der Waals surface area contributed by atoms with Crippen LogP contribution in [0.3, 0.4) is 0 Å². The van der Waals surface area contributed by atoms with Crippen LogP contribution in [0, 0.1) is 0 Å². The Bertz CT molecular complexity index is 833. The van der Waals surface area contributed by atoms with Gasteiger partial charge in [-0.1, -0.05) is 104 Å². The van der Waals surface area contributed by atoms with Crippen LogP contribution in [-0.2, 0) is 0 Å². The molecule has 0 heterocycles. The fourth-order valence-corrected chi connectivity index (χ4v) is 8.12. The maximum Gasteiger partial charge on any atom is -0.00280 e. The van der Waals surface area contributed by atoms with Crippen LogP contribution in [0.4, 0.5) is 0 Å². The van der Waals surface area contributed by atoms with Gasteiger partial charge in [0.2, 0.25) is 0 Å². The number of hydrogen-bond acceptors (Lipinski definition) is 0. The molecule has 0 saturated carbocycles. The minimum absolute atomic E-state index is 0.277. The molecule has 0 aromatic heterocycles. The predicted octanol–water partition coefficient (Wildman–Crippen LogP) is 6.70. The van der Waals surface area contributed by atoms with E-state index in [1.165, 1.54) is 21.5 Å². The van der Waals surface area contributed by atoms with E-state index in [-0.39, 0.29) is 18.2 Å². The zero-order chi connectivity index (χ0) is 16.8. The van der Waals surface area contributed by atoms with Gasteiger partial charge >= 0.3 is 0 Å². The number of benzene rings is 3. The average molecular weight is 322 g/mol. The first-order valence-electron chi connectivity index (χ1n) is 8.40. The lowest BCUT2D eigenvalue weighted by Crippen LogP contribution is -2.31. The summed E-state index contributed by atoms with van der Waals surface area (Å²) in [5, 5.41) is 7.65. The summed E-state index contributed by atoms with van der Waals surface area (Å²) in [6.07, 6.45) is 0. The Hall–Kier alpha value is -1.39. The van der Waals surface area contributed by atoms with Crippen molar-refractivity contribution < 1.29 is 0 Å². The molecule has 0 amide bonds. The molecule has 0 atom stereocenters. The molecule has 0 N–H and O–H groups in total. The molecule has 0 nitrogen and oxygen atoms in total. The summed E-state index contributed by atoms with van der Waals surface area (Å²) >= 11 is 0. The van der Waals surface area contributed by atoms with Crippen LogP contribution in [0.2, 0.25) is 0 Å². The van der Waals surface area contributed by atoms with Crippen molar-refractivity contribution in [2.75, 3.05) is 0 Å². The summed E-state index contributed by atoms with van der Waals surface area (Å²) in [6.45, 7) is 14.4. The van der Waals surface area contributed by atoms with Gasteiger partial charge in [-0.2, -0.15) is 0 Å². The van der Waals surface area contributed by atoms with Gasteiger partial charge in [0.25, 0.3) is 0 Å². The molecular formula is C22H27P. The van der Waals surface area contributed by atoms with E-state index in [2.05, 4.69) is 96.1 Å². The molecule has 0 saturated heterocycles. The first-order chi connectivity index (χ1) is 10.7. The molecule has 0 unspecified atom stereocenters. The Labute approximate surface area is 141 Å². The molecule has 0 aliphatic heterocycles. The number of hydrogen-bond donors (Lipinski definition) is 0. The third-order valence-corrected chi connectivity index (χ3v) is 7.87.